The summed E-state index contributed by atoms with van der Waals surface area (Å²) in [5.41, 5.74) is 7.56. The zero-order valence-corrected chi connectivity index (χ0v) is 12.4. The van der Waals surface area contributed by atoms with Crippen LogP contribution in [0.15, 0.2) is 42.5 Å². The Morgan fingerprint density at radius 2 is 1.64 bits per heavy atom. The Balaban J connectivity index is 2.40. The van der Waals surface area contributed by atoms with E-state index in [1.54, 1.807) is 7.11 Å². The summed E-state index contributed by atoms with van der Waals surface area (Å²) in [6.45, 7) is 2.45. The Labute approximate surface area is 127 Å². The van der Waals surface area contributed by atoms with E-state index in [4.69, 9.17) is 10.5 Å². The predicted molar refractivity (Wildman–Crippen MR) is 80.9 cm³/mol. The molecule has 2 aromatic rings. The molecule has 0 aliphatic rings. The highest BCUT2D eigenvalue weighted by molar-refractivity contribution is 5.66. The van der Waals surface area contributed by atoms with Crippen molar-refractivity contribution < 1.29 is 17.9 Å². The van der Waals surface area contributed by atoms with E-state index in [0.717, 1.165) is 34.6 Å². The molecule has 0 bridgehead atoms. The average Bonchev–Trinajstić information content (AvgIpc) is 2.52. The van der Waals surface area contributed by atoms with Crippen LogP contribution in [0.2, 0.25) is 0 Å². The third kappa shape index (κ3) is 3.42. The Kier molecular flexibility index (Phi) is 4.76. The third-order valence-electron chi connectivity index (χ3n) is 3.66. The molecule has 22 heavy (non-hydrogen) atoms. The fraction of sp³-hybridized carbons (Fsp3) is 0.294. The lowest BCUT2D eigenvalue weighted by molar-refractivity contribution is -0.137. The van der Waals surface area contributed by atoms with Crippen LogP contribution in [0.3, 0.4) is 0 Å². The first-order valence-electron chi connectivity index (χ1n) is 6.92. The van der Waals surface area contributed by atoms with E-state index in [2.05, 4.69) is 0 Å². The molecule has 2 rings (SSSR count). The second-order valence-corrected chi connectivity index (χ2v) is 5.17. The van der Waals surface area contributed by atoms with Crippen molar-refractivity contribution in [3.05, 3.63) is 53.6 Å². The van der Waals surface area contributed by atoms with Gasteiger partial charge in [-0.15, -0.1) is 0 Å². The maximum atomic E-state index is 12.6. The third-order valence-corrected chi connectivity index (χ3v) is 3.66. The summed E-state index contributed by atoms with van der Waals surface area (Å²) in [6, 6.07) is 10.7. The number of alkyl halides is 3. The molecule has 0 fully saturated rings. The van der Waals surface area contributed by atoms with Crippen LogP contribution in [0.4, 0.5) is 13.2 Å². The Morgan fingerprint density at radius 3 is 2.14 bits per heavy atom. The zero-order valence-electron chi connectivity index (χ0n) is 12.4. The van der Waals surface area contributed by atoms with Crippen LogP contribution in [0, 0.1) is 0 Å². The van der Waals surface area contributed by atoms with Crippen LogP contribution in [-0.2, 0) is 6.18 Å². The number of methoxy groups -OCH3 is 1. The monoisotopic (exact) mass is 309 g/mol. The van der Waals surface area contributed by atoms with Gasteiger partial charge in [0.15, 0.2) is 0 Å². The summed E-state index contributed by atoms with van der Waals surface area (Å²) < 4.78 is 43.1. The van der Waals surface area contributed by atoms with Crippen molar-refractivity contribution in [3.63, 3.8) is 0 Å². The fourth-order valence-electron chi connectivity index (χ4n) is 2.28. The van der Waals surface area contributed by atoms with E-state index in [1.165, 1.54) is 12.1 Å². The van der Waals surface area contributed by atoms with Gasteiger partial charge in [-0.05, 0) is 53.4 Å². The van der Waals surface area contributed by atoms with E-state index < -0.39 is 11.7 Å². The van der Waals surface area contributed by atoms with Gasteiger partial charge >= 0.3 is 6.18 Å². The van der Waals surface area contributed by atoms with Crippen molar-refractivity contribution in [1.29, 1.82) is 0 Å². The Bertz CT molecular complexity index is 635. The molecule has 2 aromatic carbocycles. The van der Waals surface area contributed by atoms with Gasteiger partial charge in [0.2, 0.25) is 0 Å². The van der Waals surface area contributed by atoms with E-state index in [0.29, 0.717) is 6.54 Å². The summed E-state index contributed by atoms with van der Waals surface area (Å²) in [7, 11) is 1.58. The smallest absolute Gasteiger partial charge is 0.416 e. The van der Waals surface area contributed by atoms with Crippen LogP contribution >= 0.6 is 0 Å². The fourth-order valence-corrected chi connectivity index (χ4v) is 2.28. The van der Waals surface area contributed by atoms with Crippen LogP contribution in [0.1, 0.15) is 24.0 Å². The normalized spacial score (nSPS) is 13.0. The second kappa shape index (κ2) is 6.40. The molecular weight excluding hydrogens is 291 g/mol. The van der Waals surface area contributed by atoms with Gasteiger partial charge < -0.3 is 10.5 Å². The molecule has 2 nitrogen and oxygen atoms in total. The minimum atomic E-state index is -4.32. The molecule has 1 atom stereocenters. The first-order chi connectivity index (χ1) is 10.4. The molecular formula is C17H18F3NO. The Morgan fingerprint density at radius 1 is 1.05 bits per heavy atom. The van der Waals surface area contributed by atoms with Crippen LogP contribution < -0.4 is 10.5 Å². The number of rotatable bonds is 4. The van der Waals surface area contributed by atoms with E-state index in [-0.39, 0.29) is 5.92 Å². The number of nitrogens with two attached hydrogens (primary N) is 1. The summed E-state index contributed by atoms with van der Waals surface area (Å²) in [5.74, 6) is 0.831. The van der Waals surface area contributed by atoms with Crippen LogP contribution in [-0.4, -0.2) is 13.7 Å². The van der Waals surface area contributed by atoms with Crippen LogP contribution in [0.25, 0.3) is 11.1 Å². The molecule has 0 amide bonds. The lowest BCUT2D eigenvalue weighted by Gasteiger charge is -2.16. The summed E-state index contributed by atoms with van der Waals surface area (Å²) >= 11 is 0. The van der Waals surface area contributed by atoms with Crippen molar-refractivity contribution in [1.82, 2.24) is 0 Å². The lowest BCUT2D eigenvalue weighted by Crippen LogP contribution is -2.10. The standard InChI is InChI=1S/C17H18F3NO/c1-11(10-21)15-9-13(5-8-16(15)22-2)12-3-6-14(7-4-12)17(18,19)20/h3-9,11H,10,21H2,1-2H3. The highest BCUT2D eigenvalue weighted by Gasteiger charge is 2.30. The topological polar surface area (TPSA) is 35.2 Å². The Hall–Kier alpha value is -2.01. The van der Waals surface area contributed by atoms with Crippen molar-refractivity contribution in [3.8, 4) is 16.9 Å². The molecule has 1 unspecified atom stereocenters. The van der Waals surface area contributed by atoms with Gasteiger partial charge in [0, 0.05) is 0 Å². The van der Waals surface area contributed by atoms with Gasteiger partial charge in [-0.1, -0.05) is 25.1 Å². The number of benzene rings is 2. The minimum Gasteiger partial charge on any atom is -0.496 e. The lowest BCUT2D eigenvalue weighted by atomic mass is 9.95. The van der Waals surface area contributed by atoms with E-state index >= 15 is 0 Å². The van der Waals surface area contributed by atoms with Gasteiger partial charge in [0.1, 0.15) is 5.75 Å². The SMILES string of the molecule is COc1ccc(-c2ccc(C(F)(F)F)cc2)cc1C(C)CN. The number of halogens is 3. The van der Waals surface area contributed by atoms with Gasteiger partial charge in [-0.25, -0.2) is 0 Å². The largest absolute Gasteiger partial charge is 0.496 e. The summed E-state index contributed by atoms with van der Waals surface area (Å²) in [4.78, 5) is 0. The van der Waals surface area contributed by atoms with Gasteiger partial charge in [0.05, 0.1) is 12.7 Å². The minimum absolute atomic E-state index is 0.101. The second-order valence-electron chi connectivity index (χ2n) is 5.17. The predicted octanol–water partition coefficient (Wildman–Crippen LogP) is 4.44. The summed E-state index contributed by atoms with van der Waals surface area (Å²) in [6.07, 6.45) is -4.32. The number of hydrogen-bond donors (Lipinski definition) is 1. The molecule has 5 heteroatoms. The zero-order chi connectivity index (χ0) is 16.3. The maximum absolute atomic E-state index is 12.6. The van der Waals surface area contributed by atoms with Gasteiger partial charge in [-0.2, -0.15) is 13.2 Å². The molecule has 0 aliphatic carbocycles. The molecule has 0 heterocycles. The number of hydrogen-bond acceptors (Lipinski definition) is 2. The van der Waals surface area contributed by atoms with Crippen LogP contribution in [0.5, 0.6) is 5.75 Å². The molecule has 0 aliphatic heterocycles. The van der Waals surface area contributed by atoms with Crippen molar-refractivity contribution >= 4 is 0 Å². The number of ether oxygens (including phenoxy) is 1. The molecule has 2 N–H and O–H groups in total. The maximum Gasteiger partial charge on any atom is 0.416 e. The van der Waals surface area contributed by atoms with E-state index in [9.17, 15) is 13.2 Å². The van der Waals surface area contributed by atoms with Gasteiger partial charge in [-0.3, -0.25) is 0 Å². The van der Waals surface area contributed by atoms with Crippen molar-refractivity contribution in [2.75, 3.05) is 13.7 Å². The van der Waals surface area contributed by atoms with Crippen molar-refractivity contribution in [2.24, 2.45) is 5.73 Å². The van der Waals surface area contributed by atoms with Gasteiger partial charge in [0.25, 0.3) is 0 Å². The first kappa shape index (κ1) is 16.4. The quantitative estimate of drug-likeness (QED) is 0.906. The molecule has 0 aromatic heterocycles. The molecule has 0 saturated heterocycles. The highest BCUT2D eigenvalue weighted by Crippen LogP contribution is 2.34. The first-order valence-corrected chi connectivity index (χ1v) is 6.92. The van der Waals surface area contributed by atoms with Crippen molar-refractivity contribution in [2.45, 2.75) is 19.0 Å². The molecule has 0 saturated carbocycles. The average molecular weight is 309 g/mol. The molecule has 0 spiro atoms. The highest BCUT2D eigenvalue weighted by atomic mass is 19.4. The molecule has 118 valence electrons. The summed E-state index contributed by atoms with van der Waals surface area (Å²) in [5, 5.41) is 0. The molecule has 0 radical (unpaired) electrons. The van der Waals surface area contributed by atoms with E-state index in [1.807, 2.05) is 25.1 Å².